The van der Waals surface area contributed by atoms with E-state index in [1.807, 2.05) is 30.5 Å². The summed E-state index contributed by atoms with van der Waals surface area (Å²) in [7, 11) is 1.24. The summed E-state index contributed by atoms with van der Waals surface area (Å²) in [5.41, 5.74) is 1.63. The average Bonchev–Trinajstić information content (AvgIpc) is 3.67. The van der Waals surface area contributed by atoms with Crippen LogP contribution in [0.25, 0.3) is 10.9 Å². The second-order valence-corrected chi connectivity index (χ2v) is 10.7. The Morgan fingerprint density at radius 2 is 1.80 bits per heavy atom. The third-order valence-electron chi connectivity index (χ3n) is 8.34. The van der Waals surface area contributed by atoms with Gasteiger partial charge in [0.15, 0.2) is 0 Å². The van der Waals surface area contributed by atoms with Crippen LogP contribution in [0.5, 0.6) is 0 Å². The van der Waals surface area contributed by atoms with Crippen LogP contribution in [0.2, 0.25) is 5.02 Å². The smallest absolute Gasteiger partial charge is 0.339 e. The molecule has 3 amide bonds. The average molecular weight is 555 g/mol. The molecule has 0 bridgehead atoms. The van der Waals surface area contributed by atoms with Crippen molar-refractivity contribution < 1.29 is 23.9 Å². The van der Waals surface area contributed by atoms with Crippen LogP contribution in [0.4, 0.5) is 11.4 Å². The van der Waals surface area contributed by atoms with Crippen molar-refractivity contribution in [2.75, 3.05) is 17.3 Å². The van der Waals surface area contributed by atoms with Gasteiger partial charge in [0.25, 0.3) is 0 Å². The van der Waals surface area contributed by atoms with E-state index >= 15 is 0 Å². The number of aromatic amines is 1. The monoisotopic (exact) mass is 554 g/mol. The lowest BCUT2D eigenvalue weighted by atomic mass is 9.76. The maximum absolute atomic E-state index is 14.3. The molecule has 200 valence electrons. The first-order valence-corrected chi connectivity index (χ1v) is 13.2. The van der Waals surface area contributed by atoms with Gasteiger partial charge in [-0.3, -0.25) is 19.7 Å². The fraction of sp³-hybridized carbons (Fsp3) is 0.200. The summed E-state index contributed by atoms with van der Waals surface area (Å²) >= 11 is 6.37. The Balaban J connectivity index is 1.40. The lowest BCUT2D eigenvalue weighted by molar-refractivity contribution is -0.130. The molecule has 4 atom stereocenters. The number of H-pyrrole nitrogens is 1. The van der Waals surface area contributed by atoms with Gasteiger partial charge in [-0.2, -0.15) is 0 Å². The van der Waals surface area contributed by atoms with E-state index in [9.17, 15) is 19.2 Å². The van der Waals surface area contributed by atoms with Gasteiger partial charge in [0, 0.05) is 39.4 Å². The maximum atomic E-state index is 14.3. The molecule has 0 aliphatic carbocycles. The molecule has 3 aliphatic rings. The Kier molecular flexibility index (Phi) is 5.39. The van der Waals surface area contributed by atoms with Gasteiger partial charge < -0.3 is 15.0 Å². The predicted molar refractivity (Wildman–Crippen MR) is 148 cm³/mol. The van der Waals surface area contributed by atoms with Crippen LogP contribution in [0.1, 0.15) is 21.5 Å². The predicted octanol–water partition coefficient (Wildman–Crippen LogP) is 3.78. The third-order valence-corrected chi connectivity index (χ3v) is 8.58. The number of amides is 3. The number of carbonyl (C=O) groups is 4. The van der Waals surface area contributed by atoms with E-state index in [1.54, 1.807) is 30.3 Å². The molecule has 4 aromatic rings. The van der Waals surface area contributed by atoms with Gasteiger partial charge in [-0.05, 0) is 48.4 Å². The van der Waals surface area contributed by atoms with Gasteiger partial charge in [0.05, 0.1) is 30.2 Å². The topological polar surface area (TPSA) is 121 Å². The van der Waals surface area contributed by atoms with Crippen molar-refractivity contribution in [3.8, 4) is 0 Å². The first-order valence-electron chi connectivity index (χ1n) is 12.8. The zero-order chi connectivity index (χ0) is 27.8. The zero-order valence-electron chi connectivity index (χ0n) is 21.2. The standard InChI is InChI=1S/C30H23ClN4O5/c1-40-28(38)18-7-3-5-9-23(18)35-26(36)24-22(12-15-14-32-20-8-4-2-6-17(15)20)34-30(25(24)27(35)37)19-13-16(31)10-11-21(19)33-29(30)39/h2-11,13-14,22,24-25,32,34H,12H2,1H3,(H,33,39)/t22-,24+,25+,30+/m0/s1. The van der Waals surface area contributed by atoms with Crippen LogP contribution in [0.15, 0.2) is 72.9 Å². The molecule has 7 rings (SSSR count). The maximum Gasteiger partial charge on any atom is 0.339 e. The number of anilines is 2. The molecule has 0 radical (unpaired) electrons. The van der Waals surface area contributed by atoms with Crippen molar-refractivity contribution in [1.82, 2.24) is 10.3 Å². The number of imide groups is 1. The fourth-order valence-electron chi connectivity index (χ4n) is 6.67. The van der Waals surface area contributed by atoms with Gasteiger partial charge in [0.1, 0.15) is 5.54 Å². The van der Waals surface area contributed by atoms with E-state index in [0.29, 0.717) is 22.7 Å². The summed E-state index contributed by atoms with van der Waals surface area (Å²) in [5, 5.41) is 7.72. The molecule has 1 spiro atoms. The molecule has 3 N–H and O–H groups in total. The molecular weight excluding hydrogens is 532 g/mol. The van der Waals surface area contributed by atoms with Gasteiger partial charge in [-0.1, -0.05) is 41.9 Å². The number of hydrogen-bond acceptors (Lipinski definition) is 6. The largest absolute Gasteiger partial charge is 0.465 e. The Hall–Kier alpha value is -4.47. The van der Waals surface area contributed by atoms with E-state index in [-0.39, 0.29) is 11.3 Å². The number of nitrogens with one attached hydrogen (secondary N) is 3. The highest BCUT2D eigenvalue weighted by atomic mass is 35.5. The first kappa shape index (κ1) is 24.6. The molecule has 0 saturated carbocycles. The molecule has 4 heterocycles. The molecule has 1 aromatic heterocycles. The molecule has 2 saturated heterocycles. The van der Waals surface area contributed by atoms with Gasteiger partial charge >= 0.3 is 5.97 Å². The van der Waals surface area contributed by atoms with Crippen molar-refractivity contribution >= 4 is 57.6 Å². The summed E-state index contributed by atoms with van der Waals surface area (Å²) < 4.78 is 4.92. The number of nitrogens with zero attached hydrogens (tertiary/aromatic N) is 1. The highest BCUT2D eigenvalue weighted by Crippen LogP contribution is 2.54. The van der Waals surface area contributed by atoms with E-state index < -0.39 is 47.1 Å². The quantitative estimate of drug-likeness (QED) is 0.261. The fourth-order valence-corrected chi connectivity index (χ4v) is 6.85. The molecule has 3 aromatic carbocycles. The number of ether oxygens (including phenoxy) is 1. The lowest BCUT2D eigenvalue weighted by Gasteiger charge is -2.30. The van der Waals surface area contributed by atoms with E-state index in [1.165, 1.54) is 19.2 Å². The van der Waals surface area contributed by atoms with Crippen LogP contribution in [-0.4, -0.2) is 41.8 Å². The van der Waals surface area contributed by atoms with Crippen LogP contribution in [0, 0.1) is 11.8 Å². The highest BCUT2D eigenvalue weighted by Gasteiger charge is 2.70. The molecule has 40 heavy (non-hydrogen) atoms. The summed E-state index contributed by atoms with van der Waals surface area (Å²) in [4.78, 5) is 59.3. The number of fused-ring (bicyclic) bond motifs is 5. The molecule has 0 unspecified atom stereocenters. The summed E-state index contributed by atoms with van der Waals surface area (Å²) in [6.07, 6.45) is 2.26. The normalized spacial score (nSPS) is 25.0. The van der Waals surface area contributed by atoms with Crippen molar-refractivity contribution in [3.05, 3.63) is 94.6 Å². The Bertz CT molecular complexity index is 1770. The molecule has 3 aliphatic heterocycles. The van der Waals surface area contributed by atoms with Crippen molar-refractivity contribution in [2.24, 2.45) is 11.8 Å². The summed E-state index contributed by atoms with van der Waals surface area (Å²) in [6.45, 7) is 0. The minimum atomic E-state index is -1.52. The summed E-state index contributed by atoms with van der Waals surface area (Å²) in [5.74, 6) is -4.10. The Morgan fingerprint density at radius 3 is 2.62 bits per heavy atom. The van der Waals surface area contributed by atoms with E-state index in [0.717, 1.165) is 21.4 Å². The number of benzene rings is 3. The SMILES string of the molecule is COC(=O)c1ccccc1N1C(=O)[C@@H]2[C@H](Cc3c[nH]c4ccccc34)N[C@@]3(C(=O)Nc4ccc(Cl)cc43)[C@H]2C1=O. The van der Waals surface area contributed by atoms with Gasteiger partial charge in [-0.25, -0.2) is 9.69 Å². The minimum Gasteiger partial charge on any atom is -0.465 e. The number of hydrogen-bond donors (Lipinski definition) is 3. The number of aromatic nitrogens is 1. The molecule has 10 heteroatoms. The van der Waals surface area contributed by atoms with Crippen molar-refractivity contribution in [1.29, 1.82) is 0 Å². The molecule has 2 fully saturated rings. The second kappa shape index (κ2) is 8.77. The molecule has 9 nitrogen and oxygen atoms in total. The van der Waals surface area contributed by atoms with E-state index in [4.69, 9.17) is 16.3 Å². The Morgan fingerprint density at radius 1 is 1.02 bits per heavy atom. The zero-order valence-corrected chi connectivity index (χ0v) is 22.0. The number of methoxy groups -OCH3 is 1. The van der Waals surface area contributed by atoms with Gasteiger partial charge in [0.2, 0.25) is 17.7 Å². The third kappa shape index (κ3) is 3.25. The van der Waals surface area contributed by atoms with Gasteiger partial charge in [-0.15, -0.1) is 0 Å². The number of carbonyl (C=O) groups excluding carboxylic acids is 4. The first-order chi connectivity index (χ1) is 19.3. The van der Waals surface area contributed by atoms with Crippen molar-refractivity contribution in [2.45, 2.75) is 18.0 Å². The number of para-hydroxylation sites is 2. The number of halogens is 1. The summed E-state index contributed by atoms with van der Waals surface area (Å²) in [6, 6.07) is 18.6. The highest BCUT2D eigenvalue weighted by molar-refractivity contribution is 6.31. The van der Waals surface area contributed by atoms with Crippen LogP contribution >= 0.6 is 11.6 Å². The van der Waals surface area contributed by atoms with E-state index in [2.05, 4.69) is 15.6 Å². The van der Waals surface area contributed by atoms with Crippen LogP contribution in [-0.2, 0) is 31.1 Å². The number of esters is 1. The minimum absolute atomic E-state index is 0.0844. The number of rotatable bonds is 4. The van der Waals surface area contributed by atoms with Crippen molar-refractivity contribution in [3.63, 3.8) is 0 Å². The van der Waals surface area contributed by atoms with Crippen LogP contribution in [0.3, 0.4) is 0 Å². The molecular formula is C30H23ClN4O5. The lowest BCUT2D eigenvalue weighted by Crippen LogP contribution is -2.53. The second-order valence-electron chi connectivity index (χ2n) is 10.3. The van der Waals surface area contributed by atoms with Crippen LogP contribution < -0.4 is 15.5 Å². The Labute approximate surface area is 233 Å².